The van der Waals surface area contributed by atoms with Crippen molar-refractivity contribution in [2.75, 3.05) is 20.2 Å². The Kier molecular flexibility index (Phi) is 5.01. The zero-order valence-electron chi connectivity index (χ0n) is 12.0. The second kappa shape index (κ2) is 6.56. The summed E-state index contributed by atoms with van der Waals surface area (Å²) >= 11 is 0. The second-order valence-corrected chi connectivity index (χ2v) is 6.83. The van der Waals surface area contributed by atoms with Crippen LogP contribution in [0.5, 0.6) is 5.75 Å². The lowest BCUT2D eigenvalue weighted by atomic mass is 10.0. The number of nitrogens with one attached hydrogen (secondary N) is 1. The van der Waals surface area contributed by atoms with E-state index in [2.05, 4.69) is 4.72 Å². The van der Waals surface area contributed by atoms with Crippen LogP contribution in [-0.2, 0) is 10.2 Å². The Morgan fingerprint density at radius 2 is 2.15 bits per heavy atom. The lowest BCUT2D eigenvalue weighted by Gasteiger charge is -2.28. The highest BCUT2D eigenvalue weighted by Crippen LogP contribution is 2.32. The average Bonchev–Trinajstić information content (AvgIpc) is 2.44. The molecule has 0 saturated carbocycles. The van der Waals surface area contributed by atoms with Gasteiger partial charge in [-0.25, -0.2) is 0 Å². The van der Waals surface area contributed by atoms with Gasteiger partial charge in [0.1, 0.15) is 5.75 Å². The van der Waals surface area contributed by atoms with Gasteiger partial charge in [-0.2, -0.15) is 17.4 Å². The van der Waals surface area contributed by atoms with Gasteiger partial charge in [0.05, 0.1) is 12.6 Å². The number of hydrogen-bond donors (Lipinski definition) is 1. The van der Waals surface area contributed by atoms with Crippen LogP contribution in [0.25, 0.3) is 0 Å². The van der Waals surface area contributed by atoms with Crippen molar-refractivity contribution in [2.45, 2.75) is 32.2 Å². The lowest BCUT2D eigenvalue weighted by Crippen LogP contribution is -2.41. The molecule has 2 rings (SSSR count). The van der Waals surface area contributed by atoms with Crippen molar-refractivity contribution in [1.29, 1.82) is 0 Å². The Hall–Kier alpha value is -1.11. The number of fused-ring (bicyclic) bond motifs is 1. The maximum Gasteiger partial charge on any atom is 0.279 e. The van der Waals surface area contributed by atoms with Gasteiger partial charge in [-0.15, -0.1) is 0 Å². The first-order valence-electron chi connectivity index (χ1n) is 7.00. The van der Waals surface area contributed by atoms with Gasteiger partial charge in [-0.05, 0) is 12.5 Å². The van der Waals surface area contributed by atoms with Gasteiger partial charge in [0.2, 0.25) is 0 Å². The highest BCUT2D eigenvalue weighted by Gasteiger charge is 2.27. The van der Waals surface area contributed by atoms with E-state index in [4.69, 9.17) is 4.74 Å². The molecule has 1 N–H and O–H groups in total. The van der Waals surface area contributed by atoms with Crippen LogP contribution in [0, 0.1) is 0 Å². The number of rotatable bonds is 6. The molecule has 0 amide bonds. The monoisotopic (exact) mass is 298 g/mol. The Morgan fingerprint density at radius 1 is 1.40 bits per heavy atom. The van der Waals surface area contributed by atoms with Crippen molar-refractivity contribution >= 4 is 10.2 Å². The molecule has 5 nitrogen and oxygen atoms in total. The number of nitrogens with zero attached hydrogens (tertiary/aromatic N) is 1. The first-order chi connectivity index (χ1) is 9.54. The smallest absolute Gasteiger partial charge is 0.279 e. The van der Waals surface area contributed by atoms with Gasteiger partial charge in [0.25, 0.3) is 10.2 Å². The fraction of sp³-hybridized carbons (Fsp3) is 0.571. The van der Waals surface area contributed by atoms with Crippen LogP contribution < -0.4 is 9.46 Å². The van der Waals surface area contributed by atoms with E-state index >= 15 is 0 Å². The summed E-state index contributed by atoms with van der Waals surface area (Å²) < 4.78 is 34.3. The molecule has 6 heteroatoms. The van der Waals surface area contributed by atoms with Crippen LogP contribution >= 0.6 is 0 Å². The van der Waals surface area contributed by atoms with E-state index in [0.29, 0.717) is 19.6 Å². The van der Waals surface area contributed by atoms with Crippen molar-refractivity contribution in [3.05, 3.63) is 29.8 Å². The third-order valence-corrected chi connectivity index (χ3v) is 5.07. The minimum absolute atomic E-state index is 0.214. The van der Waals surface area contributed by atoms with Crippen molar-refractivity contribution in [3.8, 4) is 5.75 Å². The summed E-state index contributed by atoms with van der Waals surface area (Å²) in [6.07, 6.45) is 2.49. The lowest BCUT2D eigenvalue weighted by molar-refractivity contribution is 0.261. The van der Waals surface area contributed by atoms with Gasteiger partial charge in [0, 0.05) is 25.6 Å². The topological polar surface area (TPSA) is 58.6 Å². The van der Waals surface area contributed by atoms with Gasteiger partial charge in [0.15, 0.2) is 0 Å². The Labute approximate surface area is 121 Å². The largest absolute Gasteiger partial charge is 0.493 e. The SMILES string of the molecule is CCCCN(C)S(=O)(=O)NC1CCOc2ccccc21. The van der Waals surface area contributed by atoms with Gasteiger partial charge in [-0.1, -0.05) is 31.5 Å². The van der Waals surface area contributed by atoms with Crippen molar-refractivity contribution in [2.24, 2.45) is 0 Å². The van der Waals surface area contributed by atoms with Gasteiger partial charge >= 0.3 is 0 Å². The molecule has 112 valence electrons. The summed E-state index contributed by atoms with van der Waals surface area (Å²) in [6, 6.07) is 7.36. The molecular weight excluding hydrogens is 276 g/mol. The molecule has 0 spiro atoms. The second-order valence-electron chi connectivity index (χ2n) is 5.03. The molecule has 1 aliphatic rings. The van der Waals surface area contributed by atoms with Crippen LogP contribution in [0.1, 0.15) is 37.8 Å². The normalized spacial score (nSPS) is 18.6. The number of para-hydroxylation sites is 1. The molecule has 20 heavy (non-hydrogen) atoms. The summed E-state index contributed by atoms with van der Waals surface area (Å²) in [7, 11) is -1.83. The quantitative estimate of drug-likeness (QED) is 0.874. The third-order valence-electron chi connectivity index (χ3n) is 3.49. The maximum atomic E-state index is 12.3. The standard InChI is InChI=1S/C14H22N2O3S/c1-3-4-10-16(2)20(17,18)15-13-9-11-19-14-8-6-5-7-12(13)14/h5-8,13,15H,3-4,9-11H2,1-2H3. The summed E-state index contributed by atoms with van der Waals surface area (Å²) in [5, 5.41) is 0. The molecule has 1 atom stereocenters. The van der Waals surface area contributed by atoms with Crippen LogP contribution in [-0.4, -0.2) is 32.9 Å². The van der Waals surface area contributed by atoms with Gasteiger partial charge < -0.3 is 4.74 Å². The van der Waals surface area contributed by atoms with E-state index in [1.165, 1.54) is 4.31 Å². The highest BCUT2D eigenvalue weighted by atomic mass is 32.2. The molecular formula is C14H22N2O3S. The average molecular weight is 298 g/mol. The third kappa shape index (κ3) is 3.50. The van der Waals surface area contributed by atoms with E-state index in [1.54, 1.807) is 7.05 Å². The van der Waals surface area contributed by atoms with E-state index in [9.17, 15) is 8.42 Å². The minimum atomic E-state index is -3.45. The molecule has 0 fully saturated rings. The van der Waals surface area contributed by atoms with E-state index in [0.717, 1.165) is 24.2 Å². The van der Waals surface area contributed by atoms with Crippen molar-refractivity contribution in [3.63, 3.8) is 0 Å². The van der Waals surface area contributed by atoms with E-state index in [1.807, 2.05) is 31.2 Å². The highest BCUT2D eigenvalue weighted by molar-refractivity contribution is 7.87. The van der Waals surface area contributed by atoms with Crippen LogP contribution in [0.4, 0.5) is 0 Å². The minimum Gasteiger partial charge on any atom is -0.493 e. The Balaban J connectivity index is 2.10. The summed E-state index contributed by atoms with van der Waals surface area (Å²) in [5.41, 5.74) is 0.909. The van der Waals surface area contributed by atoms with Crippen LogP contribution in [0.3, 0.4) is 0 Å². The number of hydrogen-bond acceptors (Lipinski definition) is 3. The predicted octanol–water partition coefficient (Wildman–Crippen LogP) is 2.08. The molecule has 1 aromatic rings. The van der Waals surface area contributed by atoms with Gasteiger partial charge in [-0.3, -0.25) is 0 Å². The van der Waals surface area contributed by atoms with E-state index in [-0.39, 0.29) is 6.04 Å². The number of ether oxygens (including phenoxy) is 1. The van der Waals surface area contributed by atoms with Crippen molar-refractivity contribution in [1.82, 2.24) is 9.03 Å². The zero-order valence-corrected chi connectivity index (χ0v) is 12.8. The fourth-order valence-electron chi connectivity index (χ4n) is 2.24. The molecule has 0 saturated heterocycles. The summed E-state index contributed by atoms with van der Waals surface area (Å²) in [4.78, 5) is 0. The summed E-state index contributed by atoms with van der Waals surface area (Å²) in [6.45, 7) is 3.11. The molecule has 0 aliphatic carbocycles. The molecule has 1 unspecified atom stereocenters. The predicted molar refractivity (Wildman–Crippen MR) is 78.9 cm³/mol. The zero-order chi connectivity index (χ0) is 14.6. The number of unbranched alkanes of at least 4 members (excludes halogenated alkanes) is 1. The Bertz CT molecular complexity index is 545. The van der Waals surface area contributed by atoms with Crippen molar-refractivity contribution < 1.29 is 13.2 Å². The summed E-state index contributed by atoms with van der Waals surface area (Å²) in [5.74, 6) is 0.766. The van der Waals surface area contributed by atoms with Crippen LogP contribution in [0.2, 0.25) is 0 Å². The molecule has 1 aromatic carbocycles. The molecule has 1 heterocycles. The molecule has 0 aromatic heterocycles. The molecule has 0 radical (unpaired) electrons. The fourth-order valence-corrected chi connectivity index (χ4v) is 3.39. The van der Waals surface area contributed by atoms with Crippen LogP contribution in [0.15, 0.2) is 24.3 Å². The van der Waals surface area contributed by atoms with E-state index < -0.39 is 10.2 Å². The first-order valence-corrected chi connectivity index (χ1v) is 8.44. The number of benzene rings is 1. The Morgan fingerprint density at radius 3 is 2.90 bits per heavy atom. The first kappa shape index (κ1) is 15.3. The molecule has 1 aliphatic heterocycles. The maximum absolute atomic E-state index is 12.3. The molecule has 0 bridgehead atoms.